The van der Waals surface area contributed by atoms with Gasteiger partial charge in [-0.15, -0.1) is 0 Å². The van der Waals surface area contributed by atoms with Crippen LogP contribution in [0.1, 0.15) is 11.1 Å². The molecule has 166 valence electrons. The minimum Gasteiger partial charge on any atom is -0.354 e. The highest BCUT2D eigenvalue weighted by atomic mass is 32.2. The Hall–Kier alpha value is -2.84. The number of halogens is 1. The number of carbonyl (C=O) groups excluding carboxylic acids is 1. The number of hydrogen-bond acceptors (Lipinski definition) is 4. The molecule has 1 N–H and O–H groups in total. The molecule has 0 unspecified atom stereocenters. The molecule has 0 radical (unpaired) electrons. The molecule has 3 aromatic carbocycles. The predicted octanol–water partition coefficient (Wildman–Crippen LogP) is 4.36. The first-order valence-corrected chi connectivity index (χ1v) is 12.8. The van der Waals surface area contributed by atoms with Crippen LogP contribution in [0.25, 0.3) is 11.1 Å². The van der Waals surface area contributed by atoms with Gasteiger partial charge < -0.3 is 5.32 Å². The molecule has 5 nitrogen and oxygen atoms in total. The summed E-state index contributed by atoms with van der Waals surface area (Å²) in [6.45, 7) is 2.13. The molecule has 0 spiro atoms. The van der Waals surface area contributed by atoms with Crippen LogP contribution in [0.2, 0.25) is 0 Å². The van der Waals surface area contributed by atoms with Crippen LogP contribution in [0.15, 0.2) is 71.6 Å². The Morgan fingerprint density at radius 1 is 1.03 bits per heavy atom. The minimum absolute atomic E-state index is 0.0692. The first kappa shape index (κ1) is 22.4. The molecular formula is C24H23FN2O3S2. The van der Waals surface area contributed by atoms with Crippen molar-refractivity contribution in [2.24, 2.45) is 0 Å². The molecule has 1 heterocycles. The van der Waals surface area contributed by atoms with E-state index in [-0.39, 0.29) is 11.4 Å². The normalized spacial score (nSPS) is 13.9. The third kappa shape index (κ3) is 4.52. The molecule has 0 atom stereocenters. The zero-order valence-electron chi connectivity index (χ0n) is 17.5. The first-order valence-electron chi connectivity index (χ1n) is 10.2. The number of carbonyl (C=O) groups is 1. The zero-order valence-corrected chi connectivity index (χ0v) is 19.2. The molecule has 0 saturated carbocycles. The van der Waals surface area contributed by atoms with Crippen LogP contribution in [0.5, 0.6) is 0 Å². The molecule has 0 saturated heterocycles. The molecule has 1 aliphatic heterocycles. The Bertz CT molecular complexity index is 1260. The molecule has 3 aromatic rings. The van der Waals surface area contributed by atoms with E-state index in [4.69, 9.17) is 0 Å². The van der Waals surface area contributed by atoms with Crippen molar-refractivity contribution in [1.29, 1.82) is 0 Å². The number of thioether (sulfide) groups is 1. The molecule has 0 fully saturated rings. The van der Waals surface area contributed by atoms with E-state index >= 15 is 0 Å². The summed E-state index contributed by atoms with van der Waals surface area (Å²) in [5, 5.41) is 2.79. The van der Waals surface area contributed by atoms with Crippen LogP contribution in [0.3, 0.4) is 0 Å². The van der Waals surface area contributed by atoms with Crippen LogP contribution in [0.4, 0.5) is 10.1 Å². The Labute approximate surface area is 191 Å². The van der Waals surface area contributed by atoms with Crippen molar-refractivity contribution < 1.29 is 17.6 Å². The average molecular weight is 471 g/mol. The molecule has 0 aliphatic carbocycles. The van der Waals surface area contributed by atoms with Gasteiger partial charge in [-0.05, 0) is 42.3 Å². The number of nitrogens with one attached hydrogen (secondary N) is 1. The maximum Gasteiger partial charge on any atom is 0.265 e. The van der Waals surface area contributed by atoms with Gasteiger partial charge in [0.05, 0.1) is 10.6 Å². The minimum atomic E-state index is -3.94. The number of sulfonamides is 1. The smallest absolute Gasteiger partial charge is 0.265 e. The molecular weight excluding hydrogens is 447 g/mol. The summed E-state index contributed by atoms with van der Waals surface area (Å²) >= 11 is 1.70. The van der Waals surface area contributed by atoms with Gasteiger partial charge in [0.1, 0.15) is 12.4 Å². The molecule has 32 heavy (non-hydrogen) atoms. The summed E-state index contributed by atoms with van der Waals surface area (Å²) in [4.78, 5) is 12.6. The second-order valence-corrected chi connectivity index (χ2v) is 10.4. The molecule has 4 rings (SSSR count). The lowest BCUT2D eigenvalue weighted by Gasteiger charge is -2.31. The largest absolute Gasteiger partial charge is 0.354 e. The number of benzene rings is 3. The van der Waals surface area contributed by atoms with Crippen molar-refractivity contribution in [3.63, 3.8) is 0 Å². The standard InChI is InChI=1S/C24H23FN2O3S2/c1-17-6-2-3-7-18(17)16-31-13-12-26-24(28)15-27-22-11-10-19(25)14-21(22)20-8-4-5-9-23(20)32(27,29)30/h2-11,14H,12-13,15-16H2,1H3,(H,26,28). The van der Waals surface area contributed by atoms with E-state index in [1.807, 2.05) is 12.1 Å². The quantitative estimate of drug-likeness (QED) is 0.521. The summed E-state index contributed by atoms with van der Waals surface area (Å²) in [6, 6.07) is 18.5. The molecule has 0 aromatic heterocycles. The SMILES string of the molecule is Cc1ccccc1CSCCNC(=O)CN1c2ccc(F)cc2-c2ccccc2S1(=O)=O. The predicted molar refractivity (Wildman–Crippen MR) is 127 cm³/mol. The lowest BCUT2D eigenvalue weighted by atomic mass is 10.0. The van der Waals surface area contributed by atoms with E-state index in [0.717, 1.165) is 10.1 Å². The van der Waals surface area contributed by atoms with Crippen LogP contribution in [0, 0.1) is 12.7 Å². The Kier molecular flexibility index (Phi) is 6.53. The van der Waals surface area contributed by atoms with E-state index in [1.165, 1.54) is 35.4 Å². The van der Waals surface area contributed by atoms with E-state index < -0.39 is 21.7 Å². The average Bonchev–Trinajstić information content (AvgIpc) is 2.78. The molecule has 1 amide bonds. The van der Waals surface area contributed by atoms with Crippen molar-refractivity contribution in [2.75, 3.05) is 23.1 Å². The van der Waals surface area contributed by atoms with E-state index in [2.05, 4.69) is 24.4 Å². The number of fused-ring (bicyclic) bond motifs is 3. The van der Waals surface area contributed by atoms with Crippen LogP contribution >= 0.6 is 11.8 Å². The Morgan fingerprint density at radius 2 is 1.78 bits per heavy atom. The van der Waals surface area contributed by atoms with E-state index in [1.54, 1.807) is 30.0 Å². The first-order chi connectivity index (χ1) is 15.4. The summed E-state index contributed by atoms with van der Waals surface area (Å²) in [6.07, 6.45) is 0. The molecule has 8 heteroatoms. The van der Waals surface area contributed by atoms with Gasteiger partial charge in [-0.2, -0.15) is 11.8 Å². The highest BCUT2D eigenvalue weighted by molar-refractivity contribution is 7.98. The second kappa shape index (κ2) is 9.34. The zero-order chi connectivity index (χ0) is 22.7. The van der Waals surface area contributed by atoms with Crippen molar-refractivity contribution in [1.82, 2.24) is 5.32 Å². The fourth-order valence-corrected chi connectivity index (χ4v) is 6.26. The summed E-state index contributed by atoms with van der Waals surface area (Å²) in [7, 11) is -3.94. The lowest BCUT2D eigenvalue weighted by Crippen LogP contribution is -2.43. The summed E-state index contributed by atoms with van der Waals surface area (Å²) in [5.41, 5.74) is 3.68. The summed E-state index contributed by atoms with van der Waals surface area (Å²) < 4.78 is 41.4. The number of aryl methyl sites for hydroxylation is 1. The third-order valence-electron chi connectivity index (χ3n) is 5.35. The highest BCUT2D eigenvalue weighted by Crippen LogP contribution is 2.42. The van der Waals surface area contributed by atoms with E-state index in [9.17, 15) is 17.6 Å². The van der Waals surface area contributed by atoms with Crippen molar-refractivity contribution >= 4 is 33.4 Å². The number of nitrogens with zero attached hydrogens (tertiary/aromatic N) is 1. The van der Waals surface area contributed by atoms with Gasteiger partial charge in [-0.25, -0.2) is 12.8 Å². The lowest BCUT2D eigenvalue weighted by molar-refractivity contribution is -0.119. The van der Waals surface area contributed by atoms with Crippen LogP contribution in [-0.4, -0.2) is 33.2 Å². The Balaban J connectivity index is 1.42. The number of amides is 1. The van der Waals surface area contributed by atoms with Gasteiger partial charge >= 0.3 is 0 Å². The van der Waals surface area contributed by atoms with Crippen molar-refractivity contribution in [3.8, 4) is 11.1 Å². The van der Waals surface area contributed by atoms with Gasteiger partial charge in [-0.1, -0.05) is 42.5 Å². The van der Waals surface area contributed by atoms with Crippen LogP contribution < -0.4 is 9.62 Å². The topological polar surface area (TPSA) is 66.5 Å². The van der Waals surface area contributed by atoms with Crippen LogP contribution in [-0.2, 0) is 20.6 Å². The third-order valence-corrected chi connectivity index (χ3v) is 8.17. The second-order valence-electron chi connectivity index (χ2n) is 7.50. The van der Waals surface area contributed by atoms with Gasteiger partial charge in [-0.3, -0.25) is 9.10 Å². The maximum atomic E-state index is 13.9. The molecule has 0 bridgehead atoms. The van der Waals surface area contributed by atoms with Gasteiger partial charge in [0.15, 0.2) is 0 Å². The van der Waals surface area contributed by atoms with Gasteiger partial charge in [0.2, 0.25) is 5.91 Å². The maximum absolute atomic E-state index is 13.9. The number of rotatable bonds is 7. The van der Waals surface area contributed by atoms with Gasteiger partial charge in [0.25, 0.3) is 10.0 Å². The van der Waals surface area contributed by atoms with Gasteiger partial charge in [0, 0.05) is 29.2 Å². The summed E-state index contributed by atoms with van der Waals surface area (Å²) in [5.74, 6) is 0.684. The van der Waals surface area contributed by atoms with Crippen molar-refractivity contribution in [3.05, 3.63) is 83.7 Å². The Morgan fingerprint density at radius 3 is 2.59 bits per heavy atom. The number of anilines is 1. The highest BCUT2D eigenvalue weighted by Gasteiger charge is 2.35. The van der Waals surface area contributed by atoms with Crippen molar-refractivity contribution in [2.45, 2.75) is 17.6 Å². The monoisotopic (exact) mass is 470 g/mol. The molecule has 1 aliphatic rings. The fourth-order valence-electron chi connectivity index (χ4n) is 3.68. The number of hydrogen-bond donors (Lipinski definition) is 1. The fraction of sp³-hybridized carbons (Fsp3) is 0.208. The van der Waals surface area contributed by atoms with E-state index in [0.29, 0.717) is 29.1 Å².